The van der Waals surface area contributed by atoms with Crippen LogP contribution in [0.4, 0.5) is 0 Å². The lowest BCUT2D eigenvalue weighted by molar-refractivity contribution is -0.142. The van der Waals surface area contributed by atoms with E-state index in [9.17, 15) is 9.59 Å². The molecule has 2 heterocycles. The Kier molecular flexibility index (Phi) is 11.5. The van der Waals surface area contributed by atoms with Crippen molar-refractivity contribution in [3.8, 4) is 0 Å². The van der Waals surface area contributed by atoms with E-state index in [-0.39, 0.29) is 26.5 Å². The van der Waals surface area contributed by atoms with Gasteiger partial charge in [-0.25, -0.2) is 4.79 Å². The van der Waals surface area contributed by atoms with E-state index in [0.717, 1.165) is 54.0 Å². The third-order valence-corrected chi connectivity index (χ3v) is 9.65. The standard InChI is InChI=1S/C13H21NO2.C10H17N.C3H6O3.C2H6.CH4/c1-8-10-3-9-4-11(5-10)13(8)14(6-9)12(15)7-16-2;1-6-8-2-7-3-9(4-8)10(6)11-5-7;1-6-2-3(4)5;1-2;/h8-11,13H,3-7H2,1-2H3;6-11H,2-5H2,1H3;2H2,1H3,(H,4,5);1-2H3;1H4/t8-,9-,10+,11-,13?;6-,7-,8+,9-,10?;;;/m00.../s1/i;;;1D;. The van der Waals surface area contributed by atoms with Crippen LogP contribution < -0.4 is 5.32 Å². The van der Waals surface area contributed by atoms with Gasteiger partial charge in [-0.1, -0.05) is 35.1 Å². The van der Waals surface area contributed by atoms with E-state index in [1.165, 1.54) is 45.8 Å². The summed E-state index contributed by atoms with van der Waals surface area (Å²) in [4.78, 5) is 23.7. The molecule has 7 nitrogen and oxygen atoms in total. The number of rotatable bonds is 4. The monoisotopic (exact) mass is 511 g/mol. The average molecular weight is 512 g/mol. The van der Waals surface area contributed by atoms with Gasteiger partial charge < -0.3 is 24.8 Å². The second-order valence-electron chi connectivity index (χ2n) is 11.6. The summed E-state index contributed by atoms with van der Waals surface area (Å²) in [5, 5.41) is 11.5. The molecule has 2 N–H and O–H groups in total. The van der Waals surface area contributed by atoms with Crippen molar-refractivity contribution >= 4 is 11.9 Å². The smallest absolute Gasteiger partial charge is 0.329 e. The molecule has 210 valence electrons. The molecule has 6 rings (SSSR count). The molecule has 2 saturated heterocycles. The zero-order valence-electron chi connectivity index (χ0n) is 23.6. The number of carbonyl (C=O) groups is 2. The van der Waals surface area contributed by atoms with Gasteiger partial charge in [0.05, 0.1) is 0 Å². The summed E-state index contributed by atoms with van der Waals surface area (Å²) < 4.78 is 15.4. The van der Waals surface area contributed by atoms with Crippen LogP contribution in [0.3, 0.4) is 0 Å². The van der Waals surface area contributed by atoms with Crippen LogP contribution in [0, 0.1) is 47.3 Å². The normalized spacial score (nSPS) is 40.4. The molecule has 10 atom stereocenters. The van der Waals surface area contributed by atoms with Crippen LogP contribution in [0.15, 0.2) is 0 Å². The quantitative estimate of drug-likeness (QED) is 0.576. The molecule has 0 radical (unpaired) electrons. The van der Waals surface area contributed by atoms with Crippen LogP contribution in [-0.2, 0) is 19.1 Å². The second kappa shape index (κ2) is 14.1. The lowest BCUT2D eigenvalue weighted by Crippen LogP contribution is -2.51. The van der Waals surface area contributed by atoms with Gasteiger partial charge in [-0.3, -0.25) is 4.79 Å². The molecule has 7 heteroatoms. The molecule has 1 amide bonds. The number of hydrogen-bond acceptors (Lipinski definition) is 5. The number of ether oxygens (including phenoxy) is 2. The van der Waals surface area contributed by atoms with E-state index >= 15 is 0 Å². The van der Waals surface area contributed by atoms with Crippen LogP contribution in [0.1, 0.15) is 75.0 Å². The number of nitrogens with zero attached hydrogens (tertiary/aromatic N) is 1. The van der Waals surface area contributed by atoms with E-state index in [1.54, 1.807) is 20.5 Å². The Morgan fingerprint density at radius 3 is 2.08 bits per heavy atom. The highest BCUT2D eigenvalue weighted by molar-refractivity contribution is 5.78. The van der Waals surface area contributed by atoms with Crippen LogP contribution >= 0.6 is 0 Å². The number of amides is 1. The van der Waals surface area contributed by atoms with Gasteiger partial charge in [0, 0.05) is 34.2 Å². The average Bonchev–Trinajstić information content (AvgIpc) is 3.08. The van der Waals surface area contributed by atoms with Crippen LogP contribution in [0.25, 0.3) is 0 Å². The maximum absolute atomic E-state index is 12.1. The zero-order valence-corrected chi connectivity index (χ0v) is 22.6. The Bertz CT molecular complexity index is 716. The number of methoxy groups -OCH3 is 2. The van der Waals surface area contributed by atoms with Gasteiger partial charge in [0.25, 0.3) is 0 Å². The molecule has 4 saturated carbocycles. The highest BCUT2D eigenvalue weighted by Crippen LogP contribution is 2.53. The van der Waals surface area contributed by atoms with Crippen molar-refractivity contribution in [2.24, 2.45) is 47.3 Å². The van der Waals surface area contributed by atoms with E-state index in [4.69, 9.17) is 11.2 Å². The lowest BCUT2D eigenvalue weighted by atomic mass is 9.78. The summed E-state index contributed by atoms with van der Waals surface area (Å²) >= 11 is 0. The molecule has 0 aromatic heterocycles. The number of carboxylic acid groups (broad SMARTS) is 1. The van der Waals surface area contributed by atoms with Crippen molar-refractivity contribution in [3.63, 3.8) is 0 Å². The number of carboxylic acids is 1. The summed E-state index contributed by atoms with van der Waals surface area (Å²) in [5.74, 6) is 6.58. The van der Waals surface area contributed by atoms with Crippen LogP contribution in [0.2, 0.25) is 0 Å². The predicted molar refractivity (Wildman–Crippen MR) is 144 cm³/mol. The summed E-state index contributed by atoms with van der Waals surface area (Å²) in [7, 11) is 2.95. The minimum Gasteiger partial charge on any atom is -0.480 e. The van der Waals surface area contributed by atoms with Gasteiger partial charge in [-0.15, -0.1) is 0 Å². The fourth-order valence-corrected chi connectivity index (χ4v) is 8.44. The first-order valence-electron chi connectivity index (χ1n) is 14.5. The first-order chi connectivity index (χ1) is 17.2. The Morgan fingerprint density at radius 1 is 0.917 bits per heavy atom. The van der Waals surface area contributed by atoms with Crippen molar-refractivity contribution in [1.29, 1.82) is 0 Å². The molecule has 2 aliphatic heterocycles. The number of likely N-dealkylation sites (tertiary alicyclic amines) is 1. The molecule has 0 aromatic rings. The van der Waals surface area contributed by atoms with Crippen molar-refractivity contribution in [2.45, 2.75) is 85.7 Å². The predicted octanol–water partition coefficient (Wildman–Crippen LogP) is 4.55. The lowest BCUT2D eigenvalue weighted by Gasteiger charge is -2.42. The molecule has 6 bridgehead atoms. The van der Waals surface area contributed by atoms with Gasteiger partial charge in [0.15, 0.2) is 0 Å². The van der Waals surface area contributed by atoms with Gasteiger partial charge in [-0.2, -0.15) is 0 Å². The Hall–Kier alpha value is -1.18. The molecular weight excluding hydrogens is 456 g/mol. The topological polar surface area (TPSA) is 88.1 Å². The molecule has 36 heavy (non-hydrogen) atoms. The number of aliphatic carboxylic acids is 1. The fraction of sp³-hybridized carbons (Fsp3) is 0.931. The van der Waals surface area contributed by atoms with Crippen molar-refractivity contribution in [2.75, 3.05) is 40.5 Å². The summed E-state index contributed by atoms with van der Waals surface area (Å²) in [6, 6.07) is 1.42. The molecule has 0 aromatic carbocycles. The number of nitrogens with one attached hydrogen (secondary N) is 1. The first-order valence-corrected chi connectivity index (χ1v) is 13.8. The second-order valence-corrected chi connectivity index (χ2v) is 11.6. The van der Waals surface area contributed by atoms with E-state index in [0.29, 0.717) is 18.9 Å². The molecule has 6 aliphatic rings. The molecular formula is C29H54N2O5. The van der Waals surface area contributed by atoms with E-state index in [1.807, 2.05) is 0 Å². The zero-order chi connectivity index (χ0) is 26.4. The highest BCUT2D eigenvalue weighted by Gasteiger charge is 2.53. The third-order valence-electron chi connectivity index (χ3n) is 9.65. The molecule has 0 spiro atoms. The largest absolute Gasteiger partial charge is 0.480 e. The summed E-state index contributed by atoms with van der Waals surface area (Å²) in [6.45, 7) is 9.45. The SMILES string of the molecule is C.COCC(=O)N1C[C@@H]2C[C@H]3C[C@@H](C2)[C@H](C)C31.COCC(=O)O.C[C@@H]1C2NC[C@@H]3C[C@H]2C[C@H]1C3.[2H]CC. The van der Waals surface area contributed by atoms with Gasteiger partial charge in [0.1, 0.15) is 13.2 Å². The maximum Gasteiger partial charge on any atom is 0.329 e. The number of hydrogen-bond donors (Lipinski definition) is 2. The summed E-state index contributed by atoms with van der Waals surface area (Å²) in [5.41, 5.74) is 0. The first kappa shape index (κ1) is 29.4. The third kappa shape index (κ3) is 6.82. The van der Waals surface area contributed by atoms with Crippen molar-refractivity contribution in [1.82, 2.24) is 10.2 Å². The number of carbonyl (C=O) groups excluding carboxylic acids is 1. The molecule has 6 fully saturated rings. The Labute approximate surface area is 221 Å². The van der Waals surface area contributed by atoms with Gasteiger partial charge >= 0.3 is 5.97 Å². The minimum absolute atomic E-state index is 0. The van der Waals surface area contributed by atoms with Crippen LogP contribution in [-0.4, -0.2) is 74.5 Å². The van der Waals surface area contributed by atoms with E-state index in [2.05, 4.69) is 28.8 Å². The maximum atomic E-state index is 12.1. The number of piperidine rings is 2. The molecule has 4 aliphatic carbocycles. The Morgan fingerprint density at radius 2 is 1.47 bits per heavy atom. The molecule has 2 unspecified atom stereocenters. The van der Waals surface area contributed by atoms with Crippen molar-refractivity contribution in [3.05, 3.63) is 0 Å². The number of fused-ring (bicyclic) bond motifs is 4. The summed E-state index contributed by atoms with van der Waals surface area (Å²) in [6.07, 6.45) is 8.68. The fourth-order valence-electron chi connectivity index (χ4n) is 8.44. The Balaban J connectivity index is 0.000000200. The van der Waals surface area contributed by atoms with Gasteiger partial charge in [0.2, 0.25) is 5.91 Å². The van der Waals surface area contributed by atoms with Crippen LogP contribution in [0.5, 0.6) is 0 Å². The van der Waals surface area contributed by atoms with E-state index < -0.39 is 5.97 Å². The van der Waals surface area contributed by atoms with Crippen molar-refractivity contribution < 1.29 is 25.5 Å². The highest BCUT2D eigenvalue weighted by atomic mass is 16.5. The van der Waals surface area contributed by atoms with Gasteiger partial charge in [-0.05, 0) is 92.4 Å². The minimum atomic E-state index is -0.933.